The van der Waals surface area contributed by atoms with Gasteiger partial charge in [-0.05, 0) is 43.2 Å². The number of para-hydroxylation sites is 1. The van der Waals surface area contributed by atoms with E-state index in [0.717, 1.165) is 30.6 Å². The van der Waals surface area contributed by atoms with E-state index in [2.05, 4.69) is 5.32 Å². The Bertz CT molecular complexity index is 881. The Hall–Kier alpha value is -3.09. The lowest BCUT2D eigenvalue weighted by Gasteiger charge is -2.24. The maximum absolute atomic E-state index is 14.5. The van der Waals surface area contributed by atoms with Crippen LogP contribution in [-0.4, -0.2) is 38.6 Å². The van der Waals surface area contributed by atoms with E-state index in [1.54, 1.807) is 18.2 Å². The van der Waals surface area contributed by atoms with Crippen molar-refractivity contribution in [3.8, 4) is 11.5 Å². The molecule has 3 rings (SSSR count). The number of ether oxygens (including phenoxy) is 2. The molecule has 2 amide bonds. The lowest BCUT2D eigenvalue weighted by molar-refractivity contribution is -0.120. The molecule has 0 saturated heterocycles. The molecule has 0 spiro atoms. The van der Waals surface area contributed by atoms with Gasteiger partial charge in [0.15, 0.2) is 11.5 Å². The molecule has 2 aromatic rings. The Morgan fingerprint density at radius 3 is 2.41 bits per heavy atom. The molecule has 29 heavy (non-hydrogen) atoms. The topological polar surface area (TPSA) is 67.9 Å². The van der Waals surface area contributed by atoms with Crippen LogP contribution in [0.25, 0.3) is 0 Å². The first-order chi connectivity index (χ1) is 14.0. The van der Waals surface area contributed by atoms with E-state index in [-0.39, 0.29) is 29.7 Å². The zero-order chi connectivity index (χ0) is 20.8. The average Bonchev–Trinajstić information content (AvgIpc) is 3.24. The number of carbonyl (C=O) groups is 2. The van der Waals surface area contributed by atoms with Crippen molar-refractivity contribution in [2.75, 3.05) is 25.7 Å². The summed E-state index contributed by atoms with van der Waals surface area (Å²) in [6.45, 7) is -0.273. The van der Waals surface area contributed by atoms with Crippen LogP contribution < -0.4 is 19.7 Å². The number of rotatable bonds is 7. The van der Waals surface area contributed by atoms with Gasteiger partial charge >= 0.3 is 0 Å². The Labute approximate surface area is 169 Å². The monoisotopic (exact) mass is 400 g/mol. The van der Waals surface area contributed by atoms with Crippen molar-refractivity contribution < 1.29 is 23.5 Å². The van der Waals surface area contributed by atoms with Crippen molar-refractivity contribution >= 4 is 17.5 Å². The van der Waals surface area contributed by atoms with Gasteiger partial charge in [0, 0.05) is 11.6 Å². The van der Waals surface area contributed by atoms with E-state index in [0.29, 0.717) is 11.5 Å². The van der Waals surface area contributed by atoms with Crippen LogP contribution in [0, 0.1) is 5.82 Å². The highest BCUT2D eigenvalue weighted by Crippen LogP contribution is 2.29. The largest absolute Gasteiger partial charge is 0.493 e. The molecule has 0 aromatic heterocycles. The second-order valence-electron chi connectivity index (χ2n) is 6.96. The number of amides is 2. The van der Waals surface area contributed by atoms with Crippen molar-refractivity contribution in [2.45, 2.75) is 31.7 Å². The lowest BCUT2D eigenvalue weighted by Crippen LogP contribution is -2.44. The molecule has 1 aliphatic rings. The van der Waals surface area contributed by atoms with Gasteiger partial charge in [-0.3, -0.25) is 14.5 Å². The summed E-state index contributed by atoms with van der Waals surface area (Å²) in [7, 11) is 2.97. The van der Waals surface area contributed by atoms with Crippen LogP contribution in [-0.2, 0) is 4.79 Å². The van der Waals surface area contributed by atoms with Gasteiger partial charge in [0.25, 0.3) is 5.91 Å². The van der Waals surface area contributed by atoms with Crippen LogP contribution in [0.3, 0.4) is 0 Å². The molecule has 0 radical (unpaired) electrons. The van der Waals surface area contributed by atoms with Crippen molar-refractivity contribution in [1.29, 1.82) is 0 Å². The SMILES string of the molecule is COc1ccc(C(=O)N(CC(=O)NC2CCCC2)c2ccccc2F)cc1OC. The molecule has 7 heteroatoms. The standard InChI is InChI=1S/C22H25FN2O4/c1-28-19-12-11-15(13-20(19)29-2)22(27)25(18-10-6-5-9-17(18)23)14-21(26)24-16-7-3-4-8-16/h5-6,9-13,16H,3-4,7-8,14H2,1-2H3,(H,24,26). The predicted octanol–water partition coefficient (Wildman–Crippen LogP) is 3.55. The molecule has 0 aliphatic heterocycles. The molecule has 6 nitrogen and oxygen atoms in total. The Kier molecular flexibility index (Phi) is 6.69. The molecule has 1 saturated carbocycles. The van der Waals surface area contributed by atoms with Gasteiger partial charge in [-0.2, -0.15) is 0 Å². The highest BCUT2D eigenvalue weighted by Gasteiger charge is 2.26. The summed E-state index contributed by atoms with van der Waals surface area (Å²) in [6.07, 6.45) is 4.00. The maximum atomic E-state index is 14.5. The number of hydrogen-bond donors (Lipinski definition) is 1. The molecule has 0 unspecified atom stereocenters. The molecule has 2 aromatic carbocycles. The van der Waals surface area contributed by atoms with Crippen LogP contribution in [0.1, 0.15) is 36.0 Å². The van der Waals surface area contributed by atoms with Crippen molar-refractivity contribution in [1.82, 2.24) is 5.32 Å². The number of hydrogen-bond acceptors (Lipinski definition) is 4. The van der Waals surface area contributed by atoms with E-state index in [1.165, 1.54) is 38.5 Å². The minimum atomic E-state index is -0.574. The predicted molar refractivity (Wildman–Crippen MR) is 108 cm³/mol. The first kappa shape index (κ1) is 20.6. The van der Waals surface area contributed by atoms with E-state index >= 15 is 0 Å². The number of halogens is 1. The van der Waals surface area contributed by atoms with Crippen LogP contribution >= 0.6 is 0 Å². The molecule has 1 N–H and O–H groups in total. The molecular weight excluding hydrogens is 375 g/mol. The van der Waals surface area contributed by atoms with Crippen LogP contribution in [0.4, 0.5) is 10.1 Å². The van der Waals surface area contributed by atoms with Gasteiger partial charge in [0.2, 0.25) is 5.91 Å². The highest BCUT2D eigenvalue weighted by molar-refractivity contribution is 6.09. The zero-order valence-corrected chi connectivity index (χ0v) is 16.6. The van der Waals surface area contributed by atoms with Gasteiger partial charge in [-0.15, -0.1) is 0 Å². The van der Waals surface area contributed by atoms with E-state index in [4.69, 9.17) is 9.47 Å². The maximum Gasteiger partial charge on any atom is 0.258 e. The van der Waals surface area contributed by atoms with Crippen LogP contribution in [0.5, 0.6) is 11.5 Å². The fourth-order valence-corrected chi connectivity index (χ4v) is 3.55. The Morgan fingerprint density at radius 2 is 1.76 bits per heavy atom. The normalized spacial score (nSPS) is 13.8. The Morgan fingerprint density at radius 1 is 1.07 bits per heavy atom. The molecule has 0 bridgehead atoms. The number of methoxy groups -OCH3 is 2. The fraction of sp³-hybridized carbons (Fsp3) is 0.364. The number of nitrogens with zero attached hydrogens (tertiary/aromatic N) is 1. The second-order valence-corrected chi connectivity index (χ2v) is 6.96. The Balaban J connectivity index is 1.89. The third-order valence-corrected chi connectivity index (χ3v) is 5.04. The first-order valence-corrected chi connectivity index (χ1v) is 9.61. The van der Waals surface area contributed by atoms with E-state index < -0.39 is 11.7 Å². The van der Waals surface area contributed by atoms with Crippen LogP contribution in [0.2, 0.25) is 0 Å². The summed E-state index contributed by atoms with van der Waals surface area (Å²) in [4.78, 5) is 27.0. The summed E-state index contributed by atoms with van der Waals surface area (Å²) in [6, 6.07) is 10.7. The molecule has 1 aliphatic carbocycles. The third-order valence-electron chi connectivity index (χ3n) is 5.04. The molecule has 154 valence electrons. The van der Waals surface area contributed by atoms with Gasteiger partial charge in [0.05, 0.1) is 19.9 Å². The number of nitrogens with one attached hydrogen (secondary N) is 1. The first-order valence-electron chi connectivity index (χ1n) is 9.61. The highest BCUT2D eigenvalue weighted by atomic mass is 19.1. The van der Waals surface area contributed by atoms with Crippen molar-refractivity contribution in [3.63, 3.8) is 0 Å². The minimum Gasteiger partial charge on any atom is -0.493 e. The minimum absolute atomic E-state index is 0.0499. The molecule has 1 fully saturated rings. The van der Waals surface area contributed by atoms with E-state index in [1.807, 2.05) is 0 Å². The summed E-state index contributed by atoms with van der Waals surface area (Å²) in [5.41, 5.74) is 0.313. The van der Waals surface area contributed by atoms with Crippen molar-refractivity contribution in [3.05, 3.63) is 53.8 Å². The smallest absolute Gasteiger partial charge is 0.258 e. The zero-order valence-electron chi connectivity index (χ0n) is 16.6. The summed E-state index contributed by atoms with van der Waals surface area (Å²) in [5.74, 6) is -0.538. The second kappa shape index (κ2) is 9.41. The van der Waals surface area contributed by atoms with E-state index in [9.17, 15) is 14.0 Å². The summed E-state index contributed by atoms with van der Waals surface area (Å²) >= 11 is 0. The molecule has 0 heterocycles. The summed E-state index contributed by atoms with van der Waals surface area (Å²) in [5, 5.41) is 2.95. The van der Waals surface area contributed by atoms with Crippen LogP contribution in [0.15, 0.2) is 42.5 Å². The van der Waals surface area contributed by atoms with Gasteiger partial charge in [-0.1, -0.05) is 25.0 Å². The van der Waals surface area contributed by atoms with Crippen molar-refractivity contribution in [2.24, 2.45) is 0 Å². The third kappa shape index (κ3) is 4.85. The molecular formula is C22H25FN2O4. The average molecular weight is 400 g/mol. The summed E-state index contributed by atoms with van der Waals surface area (Å²) < 4.78 is 24.9. The number of anilines is 1. The quantitative estimate of drug-likeness (QED) is 0.772. The fourth-order valence-electron chi connectivity index (χ4n) is 3.55. The van der Waals surface area contributed by atoms with Gasteiger partial charge in [-0.25, -0.2) is 4.39 Å². The number of benzene rings is 2. The van der Waals surface area contributed by atoms with Gasteiger partial charge in [0.1, 0.15) is 12.4 Å². The number of carbonyl (C=O) groups excluding carboxylic acids is 2. The molecule has 0 atom stereocenters. The lowest BCUT2D eigenvalue weighted by atomic mass is 10.1. The van der Waals surface area contributed by atoms with Gasteiger partial charge < -0.3 is 14.8 Å².